The van der Waals surface area contributed by atoms with Crippen molar-refractivity contribution in [2.24, 2.45) is 0 Å². The van der Waals surface area contributed by atoms with E-state index in [9.17, 15) is 13.2 Å². The maximum absolute atomic E-state index is 11.8. The van der Waals surface area contributed by atoms with Crippen molar-refractivity contribution < 1.29 is 18.3 Å². The van der Waals surface area contributed by atoms with Gasteiger partial charge in [-0.15, -0.1) is 0 Å². The van der Waals surface area contributed by atoms with E-state index in [-0.39, 0.29) is 17.4 Å². The molecular weight excluding hydrogens is 266 g/mol. The van der Waals surface area contributed by atoms with Crippen molar-refractivity contribution in [1.82, 2.24) is 0 Å². The third-order valence-corrected chi connectivity index (χ3v) is 4.27. The molecule has 1 aliphatic rings. The van der Waals surface area contributed by atoms with Gasteiger partial charge in [0, 0.05) is 18.8 Å². The molecule has 1 fully saturated rings. The number of carboxylic acids is 1. The summed E-state index contributed by atoms with van der Waals surface area (Å²) in [6.07, 6.45) is 3.15. The molecule has 0 aromatic heterocycles. The van der Waals surface area contributed by atoms with E-state index in [4.69, 9.17) is 5.11 Å². The Bertz CT molecular complexity index is 578. The first-order valence-electron chi connectivity index (χ1n) is 6.17. The number of hydrogen-bond acceptors (Lipinski definition) is 4. The number of sulfone groups is 1. The largest absolute Gasteiger partial charge is 0.481 e. The molecule has 5 nitrogen and oxygen atoms in total. The Kier molecular flexibility index (Phi) is 3.80. The predicted molar refractivity (Wildman–Crippen MR) is 72.2 cm³/mol. The Labute approximate surface area is 112 Å². The summed E-state index contributed by atoms with van der Waals surface area (Å²) >= 11 is 0. The third-order valence-electron chi connectivity index (χ3n) is 3.13. The fourth-order valence-electron chi connectivity index (χ4n) is 2.11. The highest BCUT2D eigenvalue weighted by Crippen LogP contribution is 2.35. The molecular formula is C13H17NO4S. The number of hydrogen-bond donors (Lipinski definition) is 1. The molecule has 0 amide bonds. The fourth-order valence-corrected chi connectivity index (χ4v) is 3.00. The molecule has 0 heterocycles. The van der Waals surface area contributed by atoms with Crippen molar-refractivity contribution in [3.8, 4) is 0 Å². The predicted octanol–water partition coefficient (Wildman–Crippen LogP) is 1.53. The monoisotopic (exact) mass is 283 g/mol. The molecule has 0 saturated heterocycles. The van der Waals surface area contributed by atoms with Crippen LogP contribution in [0.2, 0.25) is 0 Å². The number of aliphatic carboxylic acids is 1. The summed E-state index contributed by atoms with van der Waals surface area (Å²) in [6.45, 7) is 0.340. The Hall–Kier alpha value is -1.56. The maximum atomic E-state index is 11.8. The van der Waals surface area contributed by atoms with Gasteiger partial charge in [-0.2, -0.15) is 0 Å². The van der Waals surface area contributed by atoms with Gasteiger partial charge in [-0.25, -0.2) is 8.42 Å². The van der Waals surface area contributed by atoms with Crippen molar-refractivity contribution in [2.45, 2.75) is 30.2 Å². The second-order valence-electron chi connectivity index (χ2n) is 4.81. The van der Waals surface area contributed by atoms with Gasteiger partial charge in [0.1, 0.15) is 0 Å². The summed E-state index contributed by atoms with van der Waals surface area (Å²) in [5, 5.41) is 8.80. The van der Waals surface area contributed by atoms with E-state index in [1.807, 2.05) is 4.90 Å². The van der Waals surface area contributed by atoms with Crippen LogP contribution in [-0.2, 0) is 14.6 Å². The zero-order valence-corrected chi connectivity index (χ0v) is 11.6. The van der Waals surface area contributed by atoms with Crippen molar-refractivity contribution in [1.29, 1.82) is 0 Å². The molecule has 1 aromatic carbocycles. The van der Waals surface area contributed by atoms with Crippen LogP contribution in [0.5, 0.6) is 0 Å². The molecule has 0 radical (unpaired) electrons. The topological polar surface area (TPSA) is 74.7 Å². The molecule has 0 bridgehead atoms. The molecule has 0 unspecified atom stereocenters. The van der Waals surface area contributed by atoms with E-state index < -0.39 is 15.8 Å². The van der Waals surface area contributed by atoms with E-state index in [2.05, 4.69) is 0 Å². The Morgan fingerprint density at radius 1 is 1.37 bits per heavy atom. The zero-order chi connectivity index (χ0) is 14.0. The van der Waals surface area contributed by atoms with E-state index in [1.165, 1.54) is 6.26 Å². The SMILES string of the molecule is CS(=O)(=O)c1ccccc1N(CCC(=O)O)C1CC1. The van der Waals surface area contributed by atoms with Gasteiger partial charge in [-0.1, -0.05) is 12.1 Å². The Balaban J connectivity index is 2.34. The first-order chi connectivity index (χ1) is 8.89. The van der Waals surface area contributed by atoms with Crippen LogP contribution in [0, 0.1) is 0 Å². The number of carboxylic acid groups (broad SMARTS) is 1. The lowest BCUT2D eigenvalue weighted by Crippen LogP contribution is -2.29. The van der Waals surface area contributed by atoms with Gasteiger partial charge in [-0.3, -0.25) is 4.79 Å². The van der Waals surface area contributed by atoms with Crippen LogP contribution in [0.3, 0.4) is 0 Å². The third kappa shape index (κ3) is 3.47. The van der Waals surface area contributed by atoms with Crippen molar-refractivity contribution >= 4 is 21.5 Å². The second-order valence-corrected chi connectivity index (χ2v) is 6.79. The molecule has 0 atom stereocenters. The first-order valence-corrected chi connectivity index (χ1v) is 8.06. The van der Waals surface area contributed by atoms with Crippen molar-refractivity contribution in [2.75, 3.05) is 17.7 Å². The minimum atomic E-state index is -3.31. The number of carbonyl (C=O) groups is 1. The van der Waals surface area contributed by atoms with E-state index in [1.54, 1.807) is 24.3 Å². The maximum Gasteiger partial charge on any atom is 0.305 e. The van der Waals surface area contributed by atoms with E-state index in [0.29, 0.717) is 12.2 Å². The second kappa shape index (κ2) is 5.21. The highest BCUT2D eigenvalue weighted by Gasteiger charge is 2.31. The lowest BCUT2D eigenvalue weighted by Gasteiger charge is -2.26. The highest BCUT2D eigenvalue weighted by atomic mass is 32.2. The van der Waals surface area contributed by atoms with Gasteiger partial charge >= 0.3 is 5.97 Å². The number of para-hydroxylation sites is 1. The molecule has 1 N–H and O–H groups in total. The van der Waals surface area contributed by atoms with Gasteiger partial charge in [0.15, 0.2) is 9.84 Å². The van der Waals surface area contributed by atoms with Gasteiger partial charge in [0.25, 0.3) is 0 Å². The lowest BCUT2D eigenvalue weighted by molar-refractivity contribution is -0.136. The van der Waals surface area contributed by atoms with Crippen LogP contribution < -0.4 is 4.90 Å². The van der Waals surface area contributed by atoms with Gasteiger partial charge in [0.05, 0.1) is 17.0 Å². The van der Waals surface area contributed by atoms with Gasteiger partial charge in [-0.05, 0) is 25.0 Å². The molecule has 0 aliphatic heterocycles. The normalized spacial score (nSPS) is 15.2. The fraction of sp³-hybridized carbons (Fsp3) is 0.462. The number of rotatable bonds is 6. The summed E-state index contributed by atoms with van der Waals surface area (Å²) in [7, 11) is -3.31. The molecule has 0 spiro atoms. The Morgan fingerprint density at radius 2 is 2.00 bits per heavy atom. The van der Waals surface area contributed by atoms with Crippen molar-refractivity contribution in [3.63, 3.8) is 0 Å². The van der Waals surface area contributed by atoms with Gasteiger partial charge < -0.3 is 10.0 Å². The molecule has 104 valence electrons. The number of benzene rings is 1. The summed E-state index contributed by atoms with van der Waals surface area (Å²) in [5.74, 6) is -0.873. The smallest absolute Gasteiger partial charge is 0.305 e. The number of nitrogens with zero attached hydrogens (tertiary/aromatic N) is 1. The van der Waals surface area contributed by atoms with Crippen LogP contribution in [0.4, 0.5) is 5.69 Å². The average Bonchev–Trinajstić information content (AvgIpc) is 3.12. The molecule has 2 rings (SSSR count). The standard InChI is InChI=1S/C13H17NO4S/c1-19(17,18)12-5-3-2-4-11(12)14(10-6-7-10)9-8-13(15)16/h2-5,10H,6-9H2,1H3,(H,15,16). The van der Waals surface area contributed by atoms with Crippen molar-refractivity contribution in [3.05, 3.63) is 24.3 Å². The highest BCUT2D eigenvalue weighted by molar-refractivity contribution is 7.90. The van der Waals surface area contributed by atoms with Gasteiger partial charge in [0.2, 0.25) is 0 Å². The quantitative estimate of drug-likeness (QED) is 0.857. The zero-order valence-electron chi connectivity index (χ0n) is 10.7. The summed E-state index contributed by atoms with van der Waals surface area (Å²) in [5.41, 5.74) is 0.619. The van der Waals surface area contributed by atoms with Crippen LogP contribution in [0.25, 0.3) is 0 Å². The lowest BCUT2D eigenvalue weighted by atomic mass is 10.2. The molecule has 1 saturated carbocycles. The summed E-state index contributed by atoms with van der Waals surface area (Å²) in [4.78, 5) is 12.9. The average molecular weight is 283 g/mol. The van der Waals surface area contributed by atoms with E-state index in [0.717, 1.165) is 12.8 Å². The minimum absolute atomic E-state index is 0.00853. The van der Waals surface area contributed by atoms with Crippen LogP contribution in [0.15, 0.2) is 29.2 Å². The number of anilines is 1. The molecule has 1 aliphatic carbocycles. The summed E-state index contributed by atoms with van der Waals surface area (Å²) < 4.78 is 23.6. The van der Waals surface area contributed by atoms with Crippen LogP contribution in [0.1, 0.15) is 19.3 Å². The molecule has 6 heteroatoms. The Morgan fingerprint density at radius 3 is 2.53 bits per heavy atom. The van der Waals surface area contributed by atoms with Crippen LogP contribution in [-0.4, -0.2) is 38.3 Å². The minimum Gasteiger partial charge on any atom is -0.481 e. The van der Waals surface area contributed by atoms with E-state index >= 15 is 0 Å². The van der Waals surface area contributed by atoms with Crippen LogP contribution >= 0.6 is 0 Å². The first kappa shape index (κ1) is 13.9. The molecule has 1 aromatic rings. The summed E-state index contributed by atoms with van der Waals surface area (Å²) in [6, 6.07) is 7.04. The molecule has 19 heavy (non-hydrogen) atoms.